The van der Waals surface area contributed by atoms with E-state index in [0.717, 1.165) is 18.4 Å². The molecule has 0 saturated carbocycles. The second-order valence-corrected chi connectivity index (χ2v) is 14.0. The Morgan fingerprint density at radius 2 is 1.72 bits per heavy atom. The van der Waals surface area contributed by atoms with Gasteiger partial charge in [-0.05, 0) is 69.0 Å². The van der Waals surface area contributed by atoms with E-state index in [1.54, 1.807) is 54.1 Å². The molecular weight excluding hydrogens is 618 g/mol. The molecule has 1 aliphatic rings. The third kappa shape index (κ3) is 10.0. The van der Waals surface area contributed by atoms with Crippen LogP contribution in [0.3, 0.4) is 0 Å². The molecule has 0 unspecified atom stereocenters. The van der Waals surface area contributed by atoms with Gasteiger partial charge in [0.15, 0.2) is 0 Å². The molecule has 254 valence electrons. The van der Waals surface area contributed by atoms with E-state index in [1.165, 1.54) is 18.2 Å². The maximum absolute atomic E-state index is 14.3. The van der Waals surface area contributed by atoms with E-state index in [0.29, 0.717) is 25.3 Å². The van der Waals surface area contributed by atoms with Crippen LogP contribution in [0.15, 0.2) is 83.8 Å². The number of nitrogens with one attached hydrogen (secondary N) is 1. The van der Waals surface area contributed by atoms with Crippen molar-refractivity contribution in [2.75, 3.05) is 38.1 Å². The molecule has 0 saturated heterocycles. The maximum atomic E-state index is 14.3. The Balaban J connectivity index is 1.63. The average Bonchev–Trinajstić information content (AvgIpc) is 3.06. The molecule has 3 aromatic rings. The molecule has 4 rings (SSSR count). The highest BCUT2D eigenvalue weighted by molar-refractivity contribution is 7.92. The smallest absolute Gasteiger partial charge is 0.261 e. The summed E-state index contributed by atoms with van der Waals surface area (Å²) in [5.74, 6) is -0.325. The van der Waals surface area contributed by atoms with Crippen LogP contribution < -0.4 is 9.46 Å². The minimum atomic E-state index is -3.91. The van der Waals surface area contributed by atoms with E-state index < -0.39 is 22.0 Å². The van der Waals surface area contributed by atoms with Gasteiger partial charge < -0.3 is 24.4 Å². The molecule has 2 N–H and O–H groups in total. The number of rotatable bonds is 9. The minimum Gasteiger partial charge on any atom is -0.490 e. The number of carbonyl (C=O) groups is 2. The Morgan fingerprint density at radius 1 is 1.04 bits per heavy atom. The van der Waals surface area contributed by atoms with Crippen molar-refractivity contribution in [3.05, 3.63) is 90.0 Å². The molecule has 0 aliphatic carbocycles. The topological polar surface area (TPSA) is 125 Å². The first-order valence-electron chi connectivity index (χ1n) is 16.2. The van der Waals surface area contributed by atoms with Crippen LogP contribution in [0.2, 0.25) is 0 Å². The van der Waals surface area contributed by atoms with Gasteiger partial charge >= 0.3 is 0 Å². The monoisotopic (exact) mass is 665 g/mol. The Labute approximate surface area is 278 Å². The number of hydrogen-bond acceptors (Lipinski definition) is 7. The number of anilines is 1. The third-order valence-corrected chi connectivity index (χ3v) is 9.83. The van der Waals surface area contributed by atoms with Gasteiger partial charge in [-0.25, -0.2) is 8.42 Å². The second-order valence-electron chi connectivity index (χ2n) is 12.4. The second kappa shape index (κ2) is 16.8. The van der Waals surface area contributed by atoms with Crippen molar-refractivity contribution in [2.24, 2.45) is 5.92 Å². The average molecular weight is 666 g/mol. The zero-order valence-electron chi connectivity index (χ0n) is 27.7. The molecule has 3 aromatic carbocycles. The highest BCUT2D eigenvalue weighted by atomic mass is 32.2. The maximum Gasteiger partial charge on any atom is 0.261 e. The largest absolute Gasteiger partial charge is 0.490 e. The Bertz CT molecular complexity index is 1570. The molecule has 1 heterocycles. The molecule has 2 amide bonds. The first-order chi connectivity index (χ1) is 22.5. The van der Waals surface area contributed by atoms with Crippen molar-refractivity contribution >= 4 is 27.5 Å². The summed E-state index contributed by atoms with van der Waals surface area (Å²) in [5.41, 5.74) is 1.32. The lowest BCUT2D eigenvalue weighted by molar-refractivity contribution is -0.131. The van der Waals surface area contributed by atoms with Crippen molar-refractivity contribution in [1.82, 2.24) is 9.80 Å². The summed E-state index contributed by atoms with van der Waals surface area (Å²) < 4.78 is 41.4. The van der Waals surface area contributed by atoms with Crippen LogP contribution in [0, 0.1) is 5.92 Å². The lowest BCUT2D eigenvalue weighted by Gasteiger charge is -2.36. The highest BCUT2D eigenvalue weighted by Crippen LogP contribution is 2.29. The number of carbonyl (C=O) groups excluding carboxylic acids is 2. The lowest BCUT2D eigenvalue weighted by atomic mass is 10.0. The molecule has 0 bridgehead atoms. The van der Waals surface area contributed by atoms with E-state index in [1.807, 2.05) is 44.2 Å². The van der Waals surface area contributed by atoms with E-state index in [-0.39, 0.29) is 59.8 Å². The predicted molar refractivity (Wildman–Crippen MR) is 182 cm³/mol. The fourth-order valence-electron chi connectivity index (χ4n) is 5.54. The molecule has 0 radical (unpaired) electrons. The van der Waals surface area contributed by atoms with Crippen molar-refractivity contribution in [3.8, 4) is 5.75 Å². The molecule has 10 nitrogen and oxygen atoms in total. The number of likely N-dealkylation sites (N-methyl/N-ethyl adjacent to an activating group) is 1. The van der Waals surface area contributed by atoms with Crippen molar-refractivity contribution in [3.63, 3.8) is 0 Å². The van der Waals surface area contributed by atoms with Crippen LogP contribution in [0.5, 0.6) is 5.75 Å². The summed E-state index contributed by atoms with van der Waals surface area (Å²) in [6, 6.07) is 21.7. The Kier molecular flexibility index (Phi) is 12.8. The van der Waals surface area contributed by atoms with Gasteiger partial charge in [-0.2, -0.15) is 0 Å². The van der Waals surface area contributed by atoms with E-state index in [9.17, 15) is 23.1 Å². The fourth-order valence-corrected chi connectivity index (χ4v) is 6.61. The van der Waals surface area contributed by atoms with Crippen molar-refractivity contribution in [2.45, 2.75) is 69.6 Å². The van der Waals surface area contributed by atoms with Gasteiger partial charge in [0.05, 0.1) is 41.7 Å². The van der Waals surface area contributed by atoms with Gasteiger partial charge in [-0.1, -0.05) is 55.5 Å². The normalized spacial score (nSPS) is 20.3. The zero-order valence-corrected chi connectivity index (χ0v) is 28.5. The molecule has 0 aromatic heterocycles. The summed E-state index contributed by atoms with van der Waals surface area (Å²) in [7, 11) is -2.15. The lowest BCUT2D eigenvalue weighted by Crippen LogP contribution is -2.48. The van der Waals surface area contributed by atoms with E-state index >= 15 is 0 Å². The van der Waals surface area contributed by atoms with Crippen LogP contribution in [-0.2, 0) is 26.0 Å². The number of nitrogens with zero attached hydrogens (tertiary/aromatic N) is 2. The van der Waals surface area contributed by atoms with Gasteiger partial charge in [0, 0.05) is 38.3 Å². The predicted octanol–water partition coefficient (Wildman–Crippen LogP) is 4.98. The Hall–Kier alpha value is -3.93. The SMILES string of the molecule is C[C@@H]1CCCCO[C@@H](CN(C)C(=O)Cc2ccccc2)[C@@H](C)CN([C@H](C)CO)C(=O)c2cc(NS(=O)(=O)c3ccccc3)ccc2O1. The summed E-state index contributed by atoms with van der Waals surface area (Å²) in [6.45, 7) is 6.43. The first-order valence-corrected chi connectivity index (χ1v) is 17.7. The summed E-state index contributed by atoms with van der Waals surface area (Å²) >= 11 is 0. The number of fused-ring (bicyclic) bond motifs is 1. The number of aliphatic hydroxyl groups excluding tert-OH is 1. The summed E-state index contributed by atoms with van der Waals surface area (Å²) in [5, 5.41) is 10.2. The number of ether oxygens (including phenoxy) is 2. The van der Waals surface area contributed by atoms with Gasteiger partial charge in [0.1, 0.15) is 5.75 Å². The highest BCUT2D eigenvalue weighted by Gasteiger charge is 2.31. The van der Waals surface area contributed by atoms with E-state index in [2.05, 4.69) is 4.72 Å². The van der Waals surface area contributed by atoms with Gasteiger partial charge in [0.25, 0.3) is 15.9 Å². The van der Waals surface area contributed by atoms with Crippen LogP contribution in [0.1, 0.15) is 56.0 Å². The summed E-state index contributed by atoms with van der Waals surface area (Å²) in [4.78, 5) is 30.8. The van der Waals surface area contributed by atoms with Gasteiger partial charge in [-0.3, -0.25) is 14.3 Å². The number of hydrogen-bond donors (Lipinski definition) is 2. The number of amides is 2. The molecule has 11 heteroatoms. The summed E-state index contributed by atoms with van der Waals surface area (Å²) in [6.07, 6.45) is 2.01. The number of benzene rings is 3. The fraction of sp³-hybridized carbons (Fsp3) is 0.444. The van der Waals surface area contributed by atoms with Crippen LogP contribution in [0.4, 0.5) is 5.69 Å². The van der Waals surface area contributed by atoms with Gasteiger partial charge in [-0.15, -0.1) is 0 Å². The third-order valence-electron chi connectivity index (χ3n) is 8.43. The van der Waals surface area contributed by atoms with Crippen LogP contribution >= 0.6 is 0 Å². The Morgan fingerprint density at radius 3 is 2.40 bits per heavy atom. The van der Waals surface area contributed by atoms with Gasteiger partial charge in [0.2, 0.25) is 5.91 Å². The van der Waals surface area contributed by atoms with Crippen LogP contribution in [-0.4, -0.2) is 86.7 Å². The first kappa shape index (κ1) is 35.9. The number of aliphatic hydroxyl groups is 1. The van der Waals surface area contributed by atoms with Crippen molar-refractivity contribution < 1.29 is 32.6 Å². The molecule has 0 spiro atoms. The van der Waals surface area contributed by atoms with E-state index in [4.69, 9.17) is 9.47 Å². The minimum absolute atomic E-state index is 0.0338. The quantitative estimate of drug-likeness (QED) is 0.330. The number of sulfonamides is 1. The standard InChI is InChI=1S/C36H47N3O7S/c1-26-23-39(27(2)25-40)36(42)32-22-30(37-47(43,44)31-16-9-6-10-17-31)18-19-33(32)46-28(3)13-11-12-20-45-34(26)24-38(4)35(41)21-29-14-7-5-8-15-29/h5-10,14-19,22,26-28,34,37,40H,11-13,20-21,23-25H2,1-4H3/t26-,27+,28+,34-/m0/s1. The van der Waals surface area contributed by atoms with Crippen LogP contribution in [0.25, 0.3) is 0 Å². The molecular formula is C36H47N3O7S. The van der Waals surface area contributed by atoms with Crippen molar-refractivity contribution in [1.29, 1.82) is 0 Å². The molecule has 47 heavy (non-hydrogen) atoms. The zero-order chi connectivity index (χ0) is 34.0. The molecule has 1 aliphatic heterocycles. The molecule has 0 fully saturated rings. The molecule has 4 atom stereocenters.